The number of nitrogens with one attached hydrogen (secondary N) is 1. The molecule has 1 unspecified atom stereocenters. The zero-order chi connectivity index (χ0) is 14.7. The van der Waals surface area contributed by atoms with E-state index in [0.717, 1.165) is 36.8 Å². The van der Waals surface area contributed by atoms with E-state index in [1.54, 1.807) is 0 Å². The highest BCUT2D eigenvalue weighted by atomic mass is 35.5. The lowest BCUT2D eigenvalue weighted by Gasteiger charge is -2.35. The second kappa shape index (κ2) is 6.56. The van der Waals surface area contributed by atoms with Crippen LogP contribution in [-0.2, 0) is 0 Å². The van der Waals surface area contributed by atoms with Crippen molar-refractivity contribution in [1.82, 2.24) is 10.2 Å². The lowest BCUT2D eigenvalue weighted by molar-refractivity contribution is 0.198. The van der Waals surface area contributed by atoms with Crippen LogP contribution >= 0.6 is 11.6 Å². The molecule has 0 spiro atoms. The fraction of sp³-hybridized carbons (Fsp3) is 0.294. The fourth-order valence-corrected chi connectivity index (χ4v) is 2.97. The number of halogens is 2. The van der Waals surface area contributed by atoms with Gasteiger partial charge in [-0.05, 0) is 35.4 Å². The molecule has 0 radical (unpaired) electrons. The van der Waals surface area contributed by atoms with E-state index in [-0.39, 0.29) is 11.9 Å². The van der Waals surface area contributed by atoms with Gasteiger partial charge in [0.2, 0.25) is 0 Å². The summed E-state index contributed by atoms with van der Waals surface area (Å²) in [5.41, 5.74) is 2.30. The molecule has 0 aliphatic carbocycles. The van der Waals surface area contributed by atoms with Gasteiger partial charge in [0.15, 0.2) is 0 Å². The van der Waals surface area contributed by atoms with Crippen molar-refractivity contribution in [2.75, 3.05) is 26.2 Å². The van der Waals surface area contributed by atoms with Gasteiger partial charge in [0.05, 0.1) is 6.04 Å². The summed E-state index contributed by atoms with van der Waals surface area (Å²) in [4.78, 5) is 2.42. The lowest BCUT2D eigenvalue weighted by atomic mass is 9.96. The van der Waals surface area contributed by atoms with Gasteiger partial charge in [-0.15, -0.1) is 0 Å². The molecule has 2 nitrogen and oxygen atoms in total. The summed E-state index contributed by atoms with van der Waals surface area (Å²) in [6, 6.07) is 14.9. The Kier molecular flexibility index (Phi) is 4.54. The molecule has 1 aliphatic heterocycles. The molecule has 2 aromatic rings. The lowest BCUT2D eigenvalue weighted by Crippen LogP contribution is -2.45. The van der Waals surface area contributed by atoms with E-state index in [2.05, 4.69) is 22.3 Å². The van der Waals surface area contributed by atoms with Gasteiger partial charge >= 0.3 is 0 Å². The third-order valence-corrected chi connectivity index (χ3v) is 4.14. The Hall–Kier alpha value is -1.42. The first kappa shape index (κ1) is 14.5. The van der Waals surface area contributed by atoms with Gasteiger partial charge in [-0.25, -0.2) is 4.39 Å². The standard InChI is InChI=1S/C17H18ClFN2/c18-15-5-1-13(2-6-15)17(21-11-9-20-10-12-21)14-3-7-16(19)8-4-14/h1-8,17,20H,9-12H2. The summed E-state index contributed by atoms with van der Waals surface area (Å²) in [7, 11) is 0. The fourth-order valence-electron chi connectivity index (χ4n) is 2.84. The first-order chi connectivity index (χ1) is 10.2. The van der Waals surface area contributed by atoms with Crippen LogP contribution in [0.3, 0.4) is 0 Å². The Morgan fingerprint density at radius 3 is 2.00 bits per heavy atom. The normalized spacial score (nSPS) is 17.6. The molecule has 1 heterocycles. The zero-order valence-corrected chi connectivity index (χ0v) is 12.5. The Balaban J connectivity index is 1.97. The van der Waals surface area contributed by atoms with E-state index in [9.17, 15) is 4.39 Å². The van der Waals surface area contributed by atoms with Crippen LogP contribution in [0.1, 0.15) is 17.2 Å². The predicted octanol–water partition coefficient (Wildman–Crippen LogP) is 3.47. The van der Waals surface area contributed by atoms with E-state index in [0.29, 0.717) is 0 Å². The summed E-state index contributed by atoms with van der Waals surface area (Å²) in [6.45, 7) is 3.91. The first-order valence-corrected chi connectivity index (χ1v) is 7.57. The summed E-state index contributed by atoms with van der Waals surface area (Å²) in [5.74, 6) is -0.200. The topological polar surface area (TPSA) is 15.3 Å². The number of nitrogens with zero attached hydrogens (tertiary/aromatic N) is 1. The molecule has 0 saturated carbocycles. The second-order valence-corrected chi connectivity index (χ2v) is 5.73. The Labute approximate surface area is 129 Å². The van der Waals surface area contributed by atoms with Crippen LogP contribution in [-0.4, -0.2) is 31.1 Å². The van der Waals surface area contributed by atoms with Crippen LogP contribution in [0.25, 0.3) is 0 Å². The summed E-state index contributed by atoms with van der Waals surface area (Å²) < 4.78 is 13.2. The highest BCUT2D eigenvalue weighted by Crippen LogP contribution is 2.29. The smallest absolute Gasteiger partial charge is 0.123 e. The van der Waals surface area contributed by atoms with E-state index in [1.165, 1.54) is 17.7 Å². The molecule has 0 amide bonds. The van der Waals surface area contributed by atoms with E-state index in [1.807, 2.05) is 24.3 Å². The van der Waals surface area contributed by atoms with Crippen molar-refractivity contribution in [3.63, 3.8) is 0 Å². The Bertz CT molecular complexity index is 531. The van der Waals surface area contributed by atoms with Crippen molar-refractivity contribution in [2.24, 2.45) is 0 Å². The minimum Gasteiger partial charge on any atom is -0.314 e. The molecule has 1 aliphatic rings. The molecule has 3 rings (SSSR count). The van der Waals surface area contributed by atoms with Crippen molar-refractivity contribution in [2.45, 2.75) is 6.04 Å². The summed E-state index contributed by atoms with van der Waals surface area (Å²) in [6.07, 6.45) is 0. The van der Waals surface area contributed by atoms with Gasteiger partial charge in [-0.1, -0.05) is 35.9 Å². The molecule has 2 aromatic carbocycles. The molecule has 1 saturated heterocycles. The number of rotatable bonds is 3. The SMILES string of the molecule is Fc1ccc(C(c2ccc(Cl)cc2)N2CCNCC2)cc1. The van der Waals surface area contributed by atoms with Crippen molar-refractivity contribution < 1.29 is 4.39 Å². The minimum atomic E-state index is -0.200. The van der Waals surface area contributed by atoms with Gasteiger partial charge in [-0.2, -0.15) is 0 Å². The average Bonchev–Trinajstić information content (AvgIpc) is 2.52. The number of piperazine rings is 1. The van der Waals surface area contributed by atoms with E-state index < -0.39 is 0 Å². The molecule has 110 valence electrons. The molecule has 1 atom stereocenters. The first-order valence-electron chi connectivity index (χ1n) is 7.20. The number of benzene rings is 2. The highest BCUT2D eigenvalue weighted by molar-refractivity contribution is 6.30. The molecule has 21 heavy (non-hydrogen) atoms. The van der Waals surface area contributed by atoms with Crippen molar-refractivity contribution in [3.05, 3.63) is 70.5 Å². The predicted molar refractivity (Wildman–Crippen MR) is 84.1 cm³/mol. The Morgan fingerprint density at radius 2 is 1.43 bits per heavy atom. The van der Waals surface area contributed by atoms with Crippen LogP contribution in [0.5, 0.6) is 0 Å². The second-order valence-electron chi connectivity index (χ2n) is 5.29. The molecule has 1 fully saturated rings. The molecule has 4 heteroatoms. The largest absolute Gasteiger partial charge is 0.314 e. The van der Waals surface area contributed by atoms with Gasteiger partial charge in [0, 0.05) is 31.2 Å². The maximum atomic E-state index is 13.2. The number of hydrogen-bond acceptors (Lipinski definition) is 2. The summed E-state index contributed by atoms with van der Waals surface area (Å²) in [5, 5.41) is 4.10. The summed E-state index contributed by atoms with van der Waals surface area (Å²) >= 11 is 6.00. The van der Waals surface area contributed by atoms with Gasteiger partial charge in [-0.3, -0.25) is 4.90 Å². The quantitative estimate of drug-likeness (QED) is 0.934. The third kappa shape index (κ3) is 3.43. The van der Waals surface area contributed by atoms with Crippen molar-refractivity contribution in [1.29, 1.82) is 0 Å². The van der Waals surface area contributed by atoms with E-state index >= 15 is 0 Å². The van der Waals surface area contributed by atoms with Gasteiger partial charge in [0.1, 0.15) is 5.82 Å². The minimum absolute atomic E-state index is 0.143. The monoisotopic (exact) mass is 304 g/mol. The van der Waals surface area contributed by atoms with Gasteiger partial charge in [0.25, 0.3) is 0 Å². The molecular formula is C17H18ClFN2. The van der Waals surface area contributed by atoms with Crippen molar-refractivity contribution in [3.8, 4) is 0 Å². The van der Waals surface area contributed by atoms with Crippen LogP contribution in [0, 0.1) is 5.82 Å². The van der Waals surface area contributed by atoms with Crippen LogP contribution in [0.15, 0.2) is 48.5 Å². The van der Waals surface area contributed by atoms with Crippen LogP contribution in [0.4, 0.5) is 4.39 Å². The van der Waals surface area contributed by atoms with Crippen LogP contribution in [0.2, 0.25) is 5.02 Å². The maximum Gasteiger partial charge on any atom is 0.123 e. The molecular weight excluding hydrogens is 287 g/mol. The zero-order valence-electron chi connectivity index (χ0n) is 11.7. The number of hydrogen-bond donors (Lipinski definition) is 1. The Morgan fingerprint density at radius 1 is 0.905 bits per heavy atom. The third-order valence-electron chi connectivity index (χ3n) is 3.89. The maximum absolute atomic E-state index is 13.2. The van der Waals surface area contributed by atoms with Gasteiger partial charge < -0.3 is 5.32 Å². The van der Waals surface area contributed by atoms with Crippen LogP contribution < -0.4 is 5.32 Å². The van der Waals surface area contributed by atoms with Crippen molar-refractivity contribution >= 4 is 11.6 Å². The molecule has 0 bridgehead atoms. The highest BCUT2D eigenvalue weighted by Gasteiger charge is 2.23. The average molecular weight is 305 g/mol. The molecule has 1 N–H and O–H groups in total. The molecule has 0 aromatic heterocycles. The van der Waals surface area contributed by atoms with E-state index in [4.69, 9.17) is 11.6 Å².